The van der Waals surface area contributed by atoms with Gasteiger partial charge in [0.25, 0.3) is 0 Å². The molecule has 0 unspecified atom stereocenters. The molecule has 1 aromatic carbocycles. The number of benzene rings is 1. The van der Waals surface area contributed by atoms with Crippen LogP contribution >= 0.6 is 0 Å². The van der Waals surface area contributed by atoms with E-state index in [1.807, 2.05) is 0 Å². The molecule has 2 aromatic rings. The first-order valence-corrected chi connectivity index (χ1v) is 4.82. The Kier molecular flexibility index (Phi) is 3.28. The van der Waals surface area contributed by atoms with Crippen LogP contribution in [0.1, 0.15) is 0 Å². The molecule has 0 spiro atoms. The number of hydrogen-bond donors (Lipinski definition) is 3. The molecule has 2 rings (SSSR count). The van der Waals surface area contributed by atoms with Gasteiger partial charge in [-0.2, -0.15) is 4.98 Å². The van der Waals surface area contributed by atoms with Crippen molar-refractivity contribution < 1.29 is 13.2 Å². The predicted molar refractivity (Wildman–Crippen MR) is 59.4 cm³/mol. The predicted octanol–water partition coefficient (Wildman–Crippen LogP) is 1.92. The zero-order valence-corrected chi connectivity index (χ0v) is 8.92. The summed E-state index contributed by atoms with van der Waals surface area (Å²) in [7, 11) is 0. The van der Waals surface area contributed by atoms with Crippen LogP contribution < -0.4 is 16.6 Å². The van der Waals surface area contributed by atoms with Crippen LogP contribution in [0.25, 0.3) is 0 Å². The molecular weight excluding hydrogens is 247 g/mol. The second-order valence-corrected chi connectivity index (χ2v) is 3.26. The molecule has 4 N–H and O–H groups in total. The second-order valence-electron chi connectivity index (χ2n) is 3.26. The number of hydrogen-bond acceptors (Lipinski definition) is 5. The third-order valence-electron chi connectivity index (χ3n) is 2.08. The highest BCUT2D eigenvalue weighted by Crippen LogP contribution is 2.22. The molecule has 0 saturated carbocycles. The maximum absolute atomic E-state index is 13.4. The first-order valence-electron chi connectivity index (χ1n) is 4.82. The summed E-state index contributed by atoms with van der Waals surface area (Å²) in [5, 5.41) is 2.32. The van der Waals surface area contributed by atoms with Gasteiger partial charge in [-0.15, -0.1) is 0 Å². The maximum atomic E-state index is 13.4. The van der Waals surface area contributed by atoms with E-state index in [1.165, 1.54) is 12.1 Å². The fraction of sp³-hybridized carbons (Fsp3) is 0. The van der Waals surface area contributed by atoms with Gasteiger partial charge in [-0.3, -0.25) is 5.43 Å². The lowest BCUT2D eigenvalue weighted by atomic mass is 10.3. The molecule has 8 heteroatoms. The van der Waals surface area contributed by atoms with Crippen molar-refractivity contribution in [3.05, 3.63) is 41.8 Å². The molecule has 0 radical (unpaired) electrons. The zero-order valence-electron chi connectivity index (χ0n) is 8.92. The lowest BCUT2D eigenvalue weighted by Gasteiger charge is -2.08. The Morgan fingerprint density at radius 2 is 1.89 bits per heavy atom. The maximum Gasteiger partial charge on any atom is 0.239 e. The van der Waals surface area contributed by atoms with Crippen molar-refractivity contribution in [2.45, 2.75) is 0 Å². The van der Waals surface area contributed by atoms with Gasteiger partial charge in [0, 0.05) is 0 Å². The molecule has 0 fully saturated rings. The number of nitrogen functional groups attached to an aromatic ring is 1. The molecule has 1 aromatic heterocycles. The van der Waals surface area contributed by atoms with E-state index in [2.05, 4.69) is 20.7 Å². The Morgan fingerprint density at radius 3 is 2.61 bits per heavy atom. The molecule has 0 bridgehead atoms. The summed E-state index contributed by atoms with van der Waals surface area (Å²) in [5.74, 6) is 1.68. The Labute approximate surface area is 99.8 Å². The largest absolute Gasteiger partial charge is 0.335 e. The monoisotopic (exact) mass is 255 g/mol. The highest BCUT2D eigenvalue weighted by Gasteiger charge is 2.11. The summed E-state index contributed by atoms with van der Waals surface area (Å²) in [6.45, 7) is 0. The number of halogens is 3. The SMILES string of the molecule is NNc1ncc(F)c(Nc2cccc(F)c2F)n1. The summed E-state index contributed by atoms with van der Waals surface area (Å²) >= 11 is 0. The first-order chi connectivity index (χ1) is 8.61. The van der Waals surface area contributed by atoms with Gasteiger partial charge in [-0.25, -0.2) is 24.0 Å². The number of rotatable bonds is 3. The van der Waals surface area contributed by atoms with Crippen molar-refractivity contribution >= 4 is 17.5 Å². The highest BCUT2D eigenvalue weighted by atomic mass is 19.2. The molecule has 0 atom stereocenters. The fourth-order valence-electron chi connectivity index (χ4n) is 1.25. The number of nitrogens with one attached hydrogen (secondary N) is 2. The lowest BCUT2D eigenvalue weighted by Crippen LogP contribution is -2.12. The third-order valence-corrected chi connectivity index (χ3v) is 2.08. The van der Waals surface area contributed by atoms with Gasteiger partial charge in [-0.05, 0) is 12.1 Å². The minimum absolute atomic E-state index is 0.0595. The summed E-state index contributed by atoms with van der Waals surface area (Å²) in [4.78, 5) is 7.14. The Morgan fingerprint density at radius 1 is 1.11 bits per heavy atom. The van der Waals surface area contributed by atoms with Gasteiger partial charge in [0.2, 0.25) is 5.95 Å². The van der Waals surface area contributed by atoms with Gasteiger partial charge in [-0.1, -0.05) is 6.07 Å². The van der Waals surface area contributed by atoms with Crippen molar-refractivity contribution in [2.24, 2.45) is 5.84 Å². The average molecular weight is 255 g/mol. The number of hydrazine groups is 1. The van der Waals surface area contributed by atoms with Gasteiger partial charge >= 0.3 is 0 Å². The topological polar surface area (TPSA) is 75.9 Å². The summed E-state index contributed by atoms with van der Waals surface area (Å²) < 4.78 is 39.7. The molecule has 94 valence electrons. The van der Waals surface area contributed by atoms with Crippen molar-refractivity contribution in [3.8, 4) is 0 Å². The van der Waals surface area contributed by atoms with E-state index in [-0.39, 0.29) is 17.5 Å². The van der Waals surface area contributed by atoms with E-state index >= 15 is 0 Å². The van der Waals surface area contributed by atoms with Crippen molar-refractivity contribution in [1.29, 1.82) is 0 Å². The minimum Gasteiger partial charge on any atom is -0.335 e. The Bertz CT molecular complexity index is 575. The smallest absolute Gasteiger partial charge is 0.239 e. The van der Waals surface area contributed by atoms with E-state index in [9.17, 15) is 13.2 Å². The van der Waals surface area contributed by atoms with E-state index in [0.29, 0.717) is 0 Å². The van der Waals surface area contributed by atoms with Crippen LogP contribution in [0.3, 0.4) is 0 Å². The number of nitrogens with two attached hydrogens (primary N) is 1. The standard InChI is InChI=1S/C10H8F3N5/c11-5-2-1-3-7(8(5)13)16-9-6(12)4-15-10(17-9)18-14/h1-4H,14H2,(H2,15,16,17,18). The summed E-state index contributed by atoms with van der Waals surface area (Å²) in [6, 6.07) is 3.47. The quantitative estimate of drug-likeness (QED) is 0.577. The van der Waals surface area contributed by atoms with Crippen molar-refractivity contribution in [2.75, 3.05) is 10.7 Å². The molecule has 0 aliphatic rings. The first kappa shape index (κ1) is 12.1. The van der Waals surface area contributed by atoms with Gasteiger partial charge < -0.3 is 5.32 Å². The second kappa shape index (κ2) is 4.88. The molecule has 5 nitrogen and oxygen atoms in total. The zero-order chi connectivity index (χ0) is 13.1. The van der Waals surface area contributed by atoms with E-state index in [1.54, 1.807) is 0 Å². The van der Waals surface area contributed by atoms with Crippen LogP contribution in [0.5, 0.6) is 0 Å². The van der Waals surface area contributed by atoms with Crippen LogP contribution in [0.15, 0.2) is 24.4 Å². The molecule has 0 saturated heterocycles. The molecular formula is C10H8F3N5. The van der Waals surface area contributed by atoms with Gasteiger partial charge in [0.05, 0.1) is 11.9 Å². The highest BCUT2D eigenvalue weighted by molar-refractivity contribution is 5.58. The van der Waals surface area contributed by atoms with Crippen LogP contribution in [-0.2, 0) is 0 Å². The molecule has 0 amide bonds. The van der Waals surface area contributed by atoms with E-state index < -0.39 is 17.5 Å². The number of nitrogens with zero attached hydrogens (tertiary/aromatic N) is 2. The molecule has 0 aliphatic heterocycles. The van der Waals surface area contributed by atoms with E-state index in [4.69, 9.17) is 5.84 Å². The summed E-state index contributed by atoms with van der Waals surface area (Å²) in [5.41, 5.74) is 1.87. The van der Waals surface area contributed by atoms with Crippen LogP contribution in [0.2, 0.25) is 0 Å². The Balaban J connectivity index is 2.36. The van der Waals surface area contributed by atoms with Gasteiger partial charge in [0.1, 0.15) is 0 Å². The van der Waals surface area contributed by atoms with Crippen molar-refractivity contribution in [1.82, 2.24) is 9.97 Å². The number of anilines is 3. The van der Waals surface area contributed by atoms with E-state index in [0.717, 1.165) is 12.3 Å². The molecule has 0 aliphatic carbocycles. The Hall–Kier alpha value is -2.35. The third kappa shape index (κ3) is 2.33. The average Bonchev–Trinajstić information content (AvgIpc) is 2.37. The molecule has 1 heterocycles. The molecule has 18 heavy (non-hydrogen) atoms. The fourth-order valence-corrected chi connectivity index (χ4v) is 1.25. The van der Waals surface area contributed by atoms with Crippen LogP contribution in [-0.4, -0.2) is 9.97 Å². The summed E-state index contributed by atoms with van der Waals surface area (Å²) in [6.07, 6.45) is 0.849. The normalized spacial score (nSPS) is 10.2. The van der Waals surface area contributed by atoms with Gasteiger partial charge in [0.15, 0.2) is 23.3 Å². The minimum atomic E-state index is -1.13. The lowest BCUT2D eigenvalue weighted by molar-refractivity contribution is 0.511. The number of aromatic nitrogens is 2. The van der Waals surface area contributed by atoms with Crippen molar-refractivity contribution in [3.63, 3.8) is 0 Å². The van der Waals surface area contributed by atoms with Crippen LogP contribution in [0.4, 0.5) is 30.6 Å². The van der Waals surface area contributed by atoms with Crippen LogP contribution in [0, 0.1) is 17.5 Å².